The lowest BCUT2D eigenvalue weighted by Gasteiger charge is -2.19. The molecule has 0 bridgehead atoms. The minimum absolute atomic E-state index is 0.246. The molecule has 1 aromatic carbocycles. The normalized spacial score (nSPS) is 12.8. The second-order valence-corrected chi connectivity index (χ2v) is 5.54. The Morgan fingerprint density at radius 1 is 1.11 bits per heavy atom. The van der Waals surface area contributed by atoms with Crippen molar-refractivity contribution in [3.05, 3.63) is 35.9 Å². The molecule has 0 aromatic heterocycles. The third kappa shape index (κ3) is 6.72. The molecule has 19 heavy (non-hydrogen) atoms. The number of nitrogens with zero attached hydrogens (tertiary/aromatic N) is 1. The van der Waals surface area contributed by atoms with E-state index in [1.54, 1.807) is 0 Å². The molecule has 1 rings (SSSR count). The molecule has 0 aliphatic heterocycles. The number of benzene rings is 1. The number of alkyl halides is 1. The molecule has 0 amide bonds. The van der Waals surface area contributed by atoms with Crippen LogP contribution in [0.2, 0.25) is 0 Å². The van der Waals surface area contributed by atoms with Crippen LogP contribution in [0.3, 0.4) is 0 Å². The summed E-state index contributed by atoms with van der Waals surface area (Å²) in [6.45, 7) is 8.80. The van der Waals surface area contributed by atoms with Crippen LogP contribution in [-0.2, 0) is 4.74 Å². The van der Waals surface area contributed by atoms with Crippen LogP contribution < -0.4 is 0 Å². The first-order chi connectivity index (χ1) is 9.31. The van der Waals surface area contributed by atoms with Crippen molar-refractivity contribution in [2.24, 2.45) is 0 Å². The van der Waals surface area contributed by atoms with Crippen LogP contribution in [0.1, 0.15) is 38.4 Å². The van der Waals surface area contributed by atoms with Gasteiger partial charge in [-0.3, -0.25) is 0 Å². The smallest absolute Gasteiger partial charge is 0.0914 e. The summed E-state index contributed by atoms with van der Waals surface area (Å²) in [5.41, 5.74) is 1.29. The van der Waals surface area contributed by atoms with Gasteiger partial charge in [0.1, 0.15) is 0 Å². The lowest BCUT2D eigenvalue weighted by atomic mass is 10.1. The van der Waals surface area contributed by atoms with Crippen LogP contribution in [0.5, 0.6) is 0 Å². The minimum atomic E-state index is 0.246. The molecule has 1 aromatic rings. The van der Waals surface area contributed by atoms with Gasteiger partial charge in [-0.05, 0) is 38.0 Å². The van der Waals surface area contributed by atoms with E-state index in [0.29, 0.717) is 0 Å². The molecule has 1 atom stereocenters. The predicted octanol–water partition coefficient (Wildman–Crippen LogP) is 4.30. The summed E-state index contributed by atoms with van der Waals surface area (Å²) in [5, 5.41) is 0. The Hall–Kier alpha value is -0.130. The highest BCUT2D eigenvalue weighted by atomic mass is 127. The molecule has 0 radical (unpaired) electrons. The predicted molar refractivity (Wildman–Crippen MR) is 91.0 cm³/mol. The van der Waals surface area contributed by atoms with Crippen LogP contribution in [0.25, 0.3) is 0 Å². The van der Waals surface area contributed by atoms with Gasteiger partial charge in [-0.25, -0.2) is 0 Å². The van der Waals surface area contributed by atoms with Crippen molar-refractivity contribution < 1.29 is 4.74 Å². The molecule has 0 N–H and O–H groups in total. The fraction of sp³-hybridized carbons (Fsp3) is 0.625. The van der Waals surface area contributed by atoms with E-state index in [4.69, 9.17) is 4.74 Å². The summed E-state index contributed by atoms with van der Waals surface area (Å²) in [4.78, 5) is 2.47. The molecule has 1 unspecified atom stereocenters. The molecule has 0 saturated heterocycles. The molecule has 0 saturated carbocycles. The monoisotopic (exact) mass is 375 g/mol. The zero-order valence-corrected chi connectivity index (χ0v) is 14.3. The maximum Gasteiger partial charge on any atom is 0.0914 e. The van der Waals surface area contributed by atoms with E-state index < -0.39 is 0 Å². The summed E-state index contributed by atoms with van der Waals surface area (Å²) in [7, 11) is 0. The molecule has 3 heteroatoms. The Morgan fingerprint density at radius 3 is 2.37 bits per heavy atom. The van der Waals surface area contributed by atoms with Crippen molar-refractivity contribution in [1.29, 1.82) is 0 Å². The largest absolute Gasteiger partial charge is 0.373 e. The summed E-state index contributed by atoms with van der Waals surface area (Å²) < 4.78 is 7.01. The summed E-state index contributed by atoms with van der Waals surface area (Å²) in [5.74, 6) is 0. The molecule has 0 aliphatic rings. The number of unbranched alkanes of at least 4 members (excludes halogenated alkanes) is 1. The van der Waals surface area contributed by atoms with Crippen molar-refractivity contribution in [1.82, 2.24) is 4.90 Å². The SMILES string of the molecule is CCN(CC)CCCCOC(CI)c1ccccc1. The fourth-order valence-corrected chi connectivity index (χ4v) is 2.86. The second-order valence-electron chi connectivity index (χ2n) is 4.66. The second kappa shape index (κ2) is 10.6. The van der Waals surface area contributed by atoms with Crippen LogP contribution in [0.4, 0.5) is 0 Å². The number of hydrogen-bond donors (Lipinski definition) is 0. The van der Waals surface area contributed by atoms with Gasteiger partial charge >= 0.3 is 0 Å². The topological polar surface area (TPSA) is 12.5 Å². The zero-order chi connectivity index (χ0) is 13.9. The van der Waals surface area contributed by atoms with Gasteiger partial charge in [0, 0.05) is 11.0 Å². The van der Waals surface area contributed by atoms with E-state index in [-0.39, 0.29) is 6.10 Å². The van der Waals surface area contributed by atoms with Gasteiger partial charge in [-0.15, -0.1) is 0 Å². The number of halogens is 1. The lowest BCUT2D eigenvalue weighted by molar-refractivity contribution is 0.0667. The Bertz CT molecular complexity index is 314. The Balaban J connectivity index is 2.20. The molecule has 108 valence electrons. The van der Waals surface area contributed by atoms with Gasteiger partial charge in [0.15, 0.2) is 0 Å². The minimum Gasteiger partial charge on any atom is -0.373 e. The highest BCUT2D eigenvalue weighted by Gasteiger charge is 2.09. The Kier molecular flexibility index (Phi) is 9.47. The van der Waals surface area contributed by atoms with E-state index in [2.05, 4.69) is 71.7 Å². The maximum atomic E-state index is 6.00. The first kappa shape index (κ1) is 16.9. The van der Waals surface area contributed by atoms with Gasteiger partial charge in [-0.2, -0.15) is 0 Å². The average Bonchev–Trinajstić information content (AvgIpc) is 2.48. The number of hydrogen-bond acceptors (Lipinski definition) is 2. The summed E-state index contributed by atoms with van der Waals surface area (Å²) >= 11 is 2.40. The molecule has 0 heterocycles. The van der Waals surface area contributed by atoms with E-state index in [9.17, 15) is 0 Å². The summed E-state index contributed by atoms with van der Waals surface area (Å²) in [6.07, 6.45) is 2.62. The van der Waals surface area contributed by atoms with E-state index in [0.717, 1.165) is 30.5 Å². The van der Waals surface area contributed by atoms with Crippen LogP contribution >= 0.6 is 22.6 Å². The van der Waals surface area contributed by atoms with Crippen molar-refractivity contribution in [2.45, 2.75) is 32.8 Å². The zero-order valence-electron chi connectivity index (χ0n) is 12.1. The molecule has 2 nitrogen and oxygen atoms in total. The van der Waals surface area contributed by atoms with Crippen molar-refractivity contribution in [3.63, 3.8) is 0 Å². The van der Waals surface area contributed by atoms with Crippen molar-refractivity contribution in [3.8, 4) is 0 Å². The molecular formula is C16H26INO. The number of ether oxygens (including phenoxy) is 1. The highest BCUT2D eigenvalue weighted by Crippen LogP contribution is 2.19. The maximum absolute atomic E-state index is 6.00. The fourth-order valence-electron chi connectivity index (χ4n) is 2.10. The third-order valence-corrected chi connectivity index (χ3v) is 4.19. The van der Waals surface area contributed by atoms with Gasteiger partial charge in [0.2, 0.25) is 0 Å². The van der Waals surface area contributed by atoms with E-state index >= 15 is 0 Å². The highest BCUT2D eigenvalue weighted by molar-refractivity contribution is 14.1. The third-order valence-electron chi connectivity index (χ3n) is 3.39. The van der Waals surface area contributed by atoms with E-state index in [1.807, 2.05) is 0 Å². The van der Waals surface area contributed by atoms with Gasteiger partial charge in [0.25, 0.3) is 0 Å². The van der Waals surface area contributed by atoms with Crippen molar-refractivity contribution >= 4 is 22.6 Å². The Labute approximate surface area is 131 Å². The standard InChI is InChI=1S/C16H26INO/c1-3-18(4-2)12-8-9-13-19-16(14-17)15-10-6-5-7-11-15/h5-7,10-11,16H,3-4,8-9,12-14H2,1-2H3. The van der Waals surface area contributed by atoms with Gasteiger partial charge in [0.05, 0.1) is 6.10 Å². The lowest BCUT2D eigenvalue weighted by Crippen LogP contribution is -2.24. The molecular weight excluding hydrogens is 349 g/mol. The quantitative estimate of drug-likeness (QED) is 0.344. The molecule has 0 aliphatic carbocycles. The number of rotatable bonds is 10. The van der Waals surface area contributed by atoms with E-state index in [1.165, 1.54) is 18.5 Å². The first-order valence-electron chi connectivity index (χ1n) is 7.26. The summed E-state index contributed by atoms with van der Waals surface area (Å²) in [6, 6.07) is 10.5. The van der Waals surface area contributed by atoms with Crippen LogP contribution in [0, 0.1) is 0 Å². The van der Waals surface area contributed by atoms with Crippen molar-refractivity contribution in [2.75, 3.05) is 30.7 Å². The Morgan fingerprint density at radius 2 is 1.79 bits per heavy atom. The molecule has 0 spiro atoms. The van der Waals surface area contributed by atoms with Gasteiger partial charge in [-0.1, -0.05) is 66.8 Å². The average molecular weight is 375 g/mol. The van der Waals surface area contributed by atoms with Gasteiger partial charge < -0.3 is 9.64 Å². The van der Waals surface area contributed by atoms with Crippen LogP contribution in [-0.4, -0.2) is 35.6 Å². The first-order valence-corrected chi connectivity index (χ1v) is 8.79. The van der Waals surface area contributed by atoms with Crippen LogP contribution in [0.15, 0.2) is 30.3 Å². The molecule has 0 fully saturated rings.